The molecule has 0 aliphatic heterocycles. The molecule has 0 atom stereocenters. The van der Waals surface area contributed by atoms with Gasteiger partial charge in [0.1, 0.15) is 23.7 Å². The van der Waals surface area contributed by atoms with Crippen molar-refractivity contribution >= 4 is 23.1 Å². The van der Waals surface area contributed by atoms with Crippen molar-refractivity contribution in [1.82, 2.24) is 19.6 Å². The molecule has 0 spiro atoms. The summed E-state index contributed by atoms with van der Waals surface area (Å²) in [4.78, 5) is 21.4. The van der Waals surface area contributed by atoms with E-state index in [-0.39, 0.29) is 29.3 Å². The SMILES string of the molecule is CCCN(CC(F)(F)F)c1ccn2ncc(C(=O)Nc3cncc(F)c3)c2n1. The number of rotatable bonds is 6. The first-order valence-corrected chi connectivity index (χ1v) is 8.35. The molecular formula is C17H16F4N6O. The van der Waals surface area contributed by atoms with Crippen molar-refractivity contribution in [2.45, 2.75) is 19.5 Å². The van der Waals surface area contributed by atoms with Gasteiger partial charge >= 0.3 is 6.18 Å². The highest BCUT2D eigenvalue weighted by atomic mass is 19.4. The highest BCUT2D eigenvalue weighted by Crippen LogP contribution is 2.22. The van der Waals surface area contributed by atoms with Gasteiger partial charge in [-0.2, -0.15) is 18.3 Å². The minimum Gasteiger partial charge on any atom is -0.347 e. The molecule has 0 aliphatic carbocycles. The third kappa shape index (κ3) is 4.53. The molecule has 0 radical (unpaired) electrons. The Morgan fingerprint density at radius 1 is 1.29 bits per heavy atom. The molecule has 0 saturated carbocycles. The Bertz CT molecular complexity index is 987. The monoisotopic (exact) mass is 396 g/mol. The normalized spacial score (nSPS) is 11.6. The zero-order chi connectivity index (χ0) is 20.3. The van der Waals surface area contributed by atoms with Gasteiger partial charge in [0.05, 0.1) is 24.3 Å². The highest BCUT2D eigenvalue weighted by Gasteiger charge is 2.31. The molecule has 3 aromatic heterocycles. The molecule has 0 aliphatic rings. The average molecular weight is 396 g/mol. The van der Waals surface area contributed by atoms with Crippen LogP contribution in [0.25, 0.3) is 5.65 Å². The first-order chi connectivity index (χ1) is 13.3. The Kier molecular flexibility index (Phi) is 5.43. The second kappa shape index (κ2) is 7.79. The number of carbonyl (C=O) groups excluding carboxylic acids is 1. The topological polar surface area (TPSA) is 75.4 Å². The molecule has 3 heterocycles. The van der Waals surface area contributed by atoms with Gasteiger partial charge in [0.15, 0.2) is 5.65 Å². The molecule has 148 valence electrons. The maximum Gasteiger partial charge on any atom is 0.405 e. The molecule has 1 N–H and O–H groups in total. The lowest BCUT2D eigenvalue weighted by atomic mass is 10.3. The van der Waals surface area contributed by atoms with E-state index in [4.69, 9.17) is 0 Å². The second-order valence-electron chi connectivity index (χ2n) is 5.99. The van der Waals surface area contributed by atoms with Crippen LogP contribution in [0.2, 0.25) is 0 Å². The number of nitrogens with one attached hydrogen (secondary N) is 1. The summed E-state index contributed by atoms with van der Waals surface area (Å²) in [6.45, 7) is 0.745. The number of alkyl halides is 3. The van der Waals surface area contributed by atoms with Gasteiger partial charge in [-0.1, -0.05) is 6.92 Å². The predicted molar refractivity (Wildman–Crippen MR) is 93.7 cm³/mol. The Hall–Kier alpha value is -3.24. The molecule has 3 rings (SSSR count). The number of nitrogens with zero attached hydrogens (tertiary/aromatic N) is 5. The van der Waals surface area contributed by atoms with Crippen molar-refractivity contribution in [3.05, 3.63) is 48.3 Å². The van der Waals surface area contributed by atoms with Crippen LogP contribution in [0.5, 0.6) is 0 Å². The molecule has 0 saturated heterocycles. The van der Waals surface area contributed by atoms with Crippen molar-refractivity contribution in [3.8, 4) is 0 Å². The number of fused-ring (bicyclic) bond motifs is 1. The molecule has 7 nitrogen and oxygen atoms in total. The van der Waals surface area contributed by atoms with Crippen molar-refractivity contribution in [2.24, 2.45) is 0 Å². The summed E-state index contributed by atoms with van der Waals surface area (Å²) in [7, 11) is 0. The predicted octanol–water partition coefficient (Wildman–Crippen LogP) is 3.29. The largest absolute Gasteiger partial charge is 0.405 e. The number of halogens is 4. The molecule has 1 amide bonds. The van der Waals surface area contributed by atoms with E-state index >= 15 is 0 Å². The fourth-order valence-corrected chi connectivity index (χ4v) is 2.64. The lowest BCUT2D eigenvalue weighted by molar-refractivity contribution is -0.119. The van der Waals surface area contributed by atoms with E-state index in [1.807, 2.05) is 0 Å². The van der Waals surface area contributed by atoms with Crippen molar-refractivity contribution < 1.29 is 22.4 Å². The maximum absolute atomic E-state index is 13.2. The van der Waals surface area contributed by atoms with Crippen LogP contribution in [0.1, 0.15) is 23.7 Å². The molecule has 0 aromatic carbocycles. The van der Waals surface area contributed by atoms with Crippen LogP contribution in [0, 0.1) is 5.82 Å². The Morgan fingerprint density at radius 2 is 2.07 bits per heavy atom. The molecular weight excluding hydrogens is 380 g/mol. The number of aromatic nitrogens is 4. The Morgan fingerprint density at radius 3 is 2.75 bits per heavy atom. The Balaban J connectivity index is 1.92. The van der Waals surface area contributed by atoms with E-state index in [1.165, 1.54) is 29.2 Å². The van der Waals surface area contributed by atoms with Crippen LogP contribution in [-0.2, 0) is 0 Å². The highest BCUT2D eigenvalue weighted by molar-refractivity contribution is 6.08. The molecule has 0 fully saturated rings. The van der Waals surface area contributed by atoms with Gasteiger partial charge in [-0.05, 0) is 12.5 Å². The number of amides is 1. The van der Waals surface area contributed by atoms with Crippen molar-refractivity contribution in [1.29, 1.82) is 0 Å². The maximum atomic E-state index is 13.2. The minimum atomic E-state index is -4.40. The van der Waals surface area contributed by atoms with E-state index in [0.29, 0.717) is 6.42 Å². The van der Waals surface area contributed by atoms with Crippen molar-refractivity contribution in [3.63, 3.8) is 0 Å². The summed E-state index contributed by atoms with van der Waals surface area (Å²) in [5.74, 6) is -1.18. The number of hydrogen-bond donors (Lipinski definition) is 1. The van der Waals surface area contributed by atoms with Crippen LogP contribution in [0.3, 0.4) is 0 Å². The van der Waals surface area contributed by atoms with E-state index < -0.39 is 24.4 Å². The van der Waals surface area contributed by atoms with Crippen LogP contribution in [-0.4, -0.2) is 44.8 Å². The van der Waals surface area contributed by atoms with Crippen molar-refractivity contribution in [2.75, 3.05) is 23.3 Å². The second-order valence-corrected chi connectivity index (χ2v) is 5.99. The van der Waals surface area contributed by atoms with Gasteiger partial charge < -0.3 is 10.2 Å². The molecule has 0 unspecified atom stereocenters. The third-order valence-electron chi connectivity index (χ3n) is 3.75. The zero-order valence-electron chi connectivity index (χ0n) is 14.7. The van der Waals surface area contributed by atoms with E-state index in [0.717, 1.165) is 17.2 Å². The Labute approximate surface area is 157 Å². The van der Waals surface area contributed by atoms with Gasteiger partial charge in [0, 0.05) is 18.8 Å². The summed E-state index contributed by atoms with van der Waals surface area (Å²) in [6, 6.07) is 2.49. The number of hydrogen-bond acceptors (Lipinski definition) is 5. The fraction of sp³-hybridized carbons (Fsp3) is 0.294. The lowest BCUT2D eigenvalue weighted by Crippen LogP contribution is -2.35. The molecule has 3 aromatic rings. The standard InChI is InChI=1S/C17H16F4N6O/c1-2-4-26(10-17(19,20)21)14-3-5-27-15(25-14)13(9-23-27)16(28)24-12-6-11(18)7-22-8-12/h3,5-9H,2,4,10H2,1H3,(H,24,28). The summed E-state index contributed by atoms with van der Waals surface area (Å²) < 4.78 is 53.1. The van der Waals surface area contributed by atoms with Crippen LogP contribution >= 0.6 is 0 Å². The van der Waals surface area contributed by atoms with Gasteiger partial charge in [-0.15, -0.1) is 0 Å². The van der Waals surface area contributed by atoms with E-state index in [1.54, 1.807) is 6.92 Å². The van der Waals surface area contributed by atoms with Crippen LogP contribution in [0.15, 0.2) is 36.9 Å². The van der Waals surface area contributed by atoms with Gasteiger partial charge in [0.2, 0.25) is 0 Å². The van der Waals surface area contributed by atoms with E-state index in [9.17, 15) is 22.4 Å². The number of pyridine rings is 1. The fourth-order valence-electron chi connectivity index (χ4n) is 2.64. The number of anilines is 2. The van der Waals surface area contributed by atoms with Gasteiger partial charge in [-0.3, -0.25) is 9.78 Å². The summed E-state index contributed by atoms with van der Waals surface area (Å²) in [5, 5.41) is 6.44. The molecule has 0 bridgehead atoms. The number of carbonyl (C=O) groups is 1. The molecule has 11 heteroatoms. The molecule has 28 heavy (non-hydrogen) atoms. The summed E-state index contributed by atoms with van der Waals surface area (Å²) >= 11 is 0. The zero-order valence-corrected chi connectivity index (χ0v) is 14.7. The van der Waals surface area contributed by atoms with E-state index in [2.05, 4.69) is 20.4 Å². The van der Waals surface area contributed by atoms with Gasteiger partial charge in [0.25, 0.3) is 5.91 Å². The summed E-state index contributed by atoms with van der Waals surface area (Å²) in [6.07, 6.45) is 1.01. The lowest BCUT2D eigenvalue weighted by Gasteiger charge is -2.24. The smallest absolute Gasteiger partial charge is 0.347 e. The average Bonchev–Trinajstić information content (AvgIpc) is 3.03. The van der Waals surface area contributed by atoms with Crippen LogP contribution < -0.4 is 10.2 Å². The first-order valence-electron chi connectivity index (χ1n) is 8.35. The quantitative estimate of drug-likeness (QED) is 0.647. The summed E-state index contributed by atoms with van der Waals surface area (Å²) in [5.41, 5.74) is 0.252. The first kappa shape index (κ1) is 19.5. The third-order valence-corrected chi connectivity index (χ3v) is 3.75. The van der Waals surface area contributed by atoms with Gasteiger partial charge in [-0.25, -0.2) is 13.9 Å². The minimum absolute atomic E-state index is 0.0366. The van der Waals surface area contributed by atoms with Crippen LogP contribution in [0.4, 0.5) is 29.1 Å².